The van der Waals surface area contributed by atoms with Gasteiger partial charge in [0.2, 0.25) is 0 Å². The molecule has 3 N–H and O–H groups in total. The Morgan fingerprint density at radius 2 is 1.94 bits per heavy atom. The van der Waals surface area contributed by atoms with Crippen LogP contribution in [0.5, 0.6) is 17.2 Å². The lowest BCUT2D eigenvalue weighted by molar-refractivity contribution is 0.0688. The molecule has 0 aliphatic carbocycles. The summed E-state index contributed by atoms with van der Waals surface area (Å²) in [5.41, 5.74) is -0.398. The lowest BCUT2D eigenvalue weighted by Gasteiger charge is -2.11. The van der Waals surface area contributed by atoms with E-state index in [0.717, 1.165) is 25.7 Å². The minimum Gasteiger partial charge on any atom is -0.504 e. The fourth-order valence-electron chi connectivity index (χ4n) is 1.60. The number of hydrogen-bond donors (Lipinski definition) is 3. The molecule has 0 saturated heterocycles. The largest absolute Gasteiger partial charge is 0.504 e. The molecule has 0 aromatic heterocycles. The van der Waals surface area contributed by atoms with E-state index in [9.17, 15) is 15.0 Å². The molecule has 0 atom stereocenters. The minimum atomic E-state index is -1.33. The lowest BCUT2D eigenvalue weighted by atomic mass is 10.1. The number of aromatic carboxylic acids is 1. The standard InChI is InChI=1S/C13H18O5/c1-2-3-4-5-8-18-10-7-6-9(14)12(15)11(10)13(16)17/h6-7,14-15H,2-5,8H2,1H3,(H,16,17). The number of unbranched alkanes of at least 4 members (excludes halogenated alkanes) is 3. The van der Waals surface area contributed by atoms with Crippen molar-refractivity contribution >= 4 is 5.97 Å². The molecule has 0 radical (unpaired) electrons. The number of phenolic OH excluding ortho intramolecular Hbond substituents is 1. The van der Waals surface area contributed by atoms with Crippen LogP contribution in [0.15, 0.2) is 12.1 Å². The number of benzene rings is 1. The zero-order valence-electron chi connectivity index (χ0n) is 10.3. The molecule has 0 amide bonds. The van der Waals surface area contributed by atoms with Gasteiger partial charge in [-0.3, -0.25) is 0 Å². The predicted octanol–water partition coefficient (Wildman–Crippen LogP) is 2.76. The van der Waals surface area contributed by atoms with Gasteiger partial charge < -0.3 is 20.1 Å². The van der Waals surface area contributed by atoms with Crippen LogP contribution >= 0.6 is 0 Å². The molecular formula is C13H18O5. The fourth-order valence-corrected chi connectivity index (χ4v) is 1.60. The number of hydrogen-bond acceptors (Lipinski definition) is 4. The zero-order chi connectivity index (χ0) is 13.5. The van der Waals surface area contributed by atoms with Gasteiger partial charge in [0.05, 0.1) is 6.61 Å². The molecule has 0 bridgehead atoms. The third-order valence-corrected chi connectivity index (χ3v) is 2.59. The molecule has 5 heteroatoms. The van der Waals surface area contributed by atoms with Crippen LogP contribution in [-0.4, -0.2) is 27.9 Å². The second-order valence-electron chi connectivity index (χ2n) is 4.02. The number of ether oxygens (including phenoxy) is 1. The molecule has 0 fully saturated rings. The predicted molar refractivity (Wildman–Crippen MR) is 66.4 cm³/mol. The number of phenols is 2. The summed E-state index contributed by atoms with van der Waals surface area (Å²) in [6.45, 7) is 2.49. The van der Waals surface area contributed by atoms with Crippen molar-refractivity contribution in [1.82, 2.24) is 0 Å². The molecule has 0 heterocycles. The van der Waals surface area contributed by atoms with Crippen molar-refractivity contribution < 1.29 is 24.9 Å². The van der Waals surface area contributed by atoms with Crippen LogP contribution in [0.1, 0.15) is 43.0 Å². The van der Waals surface area contributed by atoms with Crippen LogP contribution < -0.4 is 4.74 Å². The van der Waals surface area contributed by atoms with E-state index in [1.807, 2.05) is 0 Å². The van der Waals surface area contributed by atoms with Crippen molar-refractivity contribution in [3.8, 4) is 17.2 Å². The number of aromatic hydroxyl groups is 2. The van der Waals surface area contributed by atoms with E-state index in [-0.39, 0.29) is 5.75 Å². The van der Waals surface area contributed by atoms with Crippen LogP contribution in [-0.2, 0) is 0 Å². The maximum atomic E-state index is 11.0. The summed E-state index contributed by atoms with van der Waals surface area (Å²) < 4.78 is 5.33. The van der Waals surface area contributed by atoms with Gasteiger partial charge in [-0.25, -0.2) is 4.79 Å². The third-order valence-electron chi connectivity index (χ3n) is 2.59. The highest BCUT2D eigenvalue weighted by Gasteiger charge is 2.19. The van der Waals surface area contributed by atoms with Gasteiger partial charge >= 0.3 is 5.97 Å². The van der Waals surface area contributed by atoms with E-state index >= 15 is 0 Å². The van der Waals surface area contributed by atoms with Crippen molar-refractivity contribution in [2.45, 2.75) is 32.6 Å². The summed E-state index contributed by atoms with van der Waals surface area (Å²) in [5.74, 6) is -2.37. The molecule has 1 aromatic rings. The van der Waals surface area contributed by atoms with E-state index < -0.39 is 23.0 Å². The first-order valence-electron chi connectivity index (χ1n) is 5.99. The molecule has 5 nitrogen and oxygen atoms in total. The summed E-state index contributed by atoms with van der Waals surface area (Å²) >= 11 is 0. The van der Waals surface area contributed by atoms with E-state index in [0.29, 0.717) is 6.61 Å². The fraction of sp³-hybridized carbons (Fsp3) is 0.462. The Kier molecular flexibility index (Phi) is 5.30. The molecule has 0 aliphatic rings. The molecular weight excluding hydrogens is 236 g/mol. The molecule has 0 aliphatic heterocycles. The minimum absolute atomic E-state index is 0.0781. The van der Waals surface area contributed by atoms with Crippen molar-refractivity contribution in [2.75, 3.05) is 6.61 Å². The summed E-state index contributed by atoms with van der Waals surface area (Å²) in [6, 6.07) is 2.56. The monoisotopic (exact) mass is 254 g/mol. The van der Waals surface area contributed by atoms with Gasteiger partial charge in [0.1, 0.15) is 11.3 Å². The first-order valence-corrected chi connectivity index (χ1v) is 5.99. The van der Waals surface area contributed by atoms with Crippen LogP contribution in [0.2, 0.25) is 0 Å². The van der Waals surface area contributed by atoms with Crippen molar-refractivity contribution in [1.29, 1.82) is 0 Å². The van der Waals surface area contributed by atoms with E-state index in [1.165, 1.54) is 12.1 Å². The SMILES string of the molecule is CCCCCCOc1ccc(O)c(O)c1C(=O)O. The van der Waals surface area contributed by atoms with E-state index in [2.05, 4.69) is 6.92 Å². The zero-order valence-corrected chi connectivity index (χ0v) is 10.3. The second kappa shape index (κ2) is 6.74. The quantitative estimate of drug-likeness (QED) is 0.514. The first kappa shape index (κ1) is 14.2. The van der Waals surface area contributed by atoms with Gasteiger partial charge in [0.15, 0.2) is 11.5 Å². The van der Waals surface area contributed by atoms with E-state index in [4.69, 9.17) is 9.84 Å². The number of carboxylic acid groups (broad SMARTS) is 1. The van der Waals surface area contributed by atoms with Crippen LogP contribution in [0.25, 0.3) is 0 Å². The van der Waals surface area contributed by atoms with Crippen molar-refractivity contribution in [3.05, 3.63) is 17.7 Å². The Morgan fingerprint density at radius 3 is 2.56 bits per heavy atom. The average Bonchev–Trinajstić information content (AvgIpc) is 2.33. The Bertz CT molecular complexity index is 414. The first-order chi connectivity index (χ1) is 8.57. The second-order valence-corrected chi connectivity index (χ2v) is 4.02. The normalized spacial score (nSPS) is 10.3. The molecule has 18 heavy (non-hydrogen) atoms. The van der Waals surface area contributed by atoms with E-state index in [1.54, 1.807) is 0 Å². The number of carbonyl (C=O) groups is 1. The van der Waals surface area contributed by atoms with Crippen LogP contribution in [0.3, 0.4) is 0 Å². The molecule has 0 saturated carbocycles. The maximum absolute atomic E-state index is 11.0. The van der Waals surface area contributed by atoms with Gasteiger partial charge in [-0.1, -0.05) is 26.2 Å². The summed E-state index contributed by atoms with van der Waals surface area (Å²) in [4.78, 5) is 11.0. The number of rotatable bonds is 7. The Hall–Kier alpha value is -1.91. The van der Waals surface area contributed by atoms with Gasteiger partial charge in [0, 0.05) is 0 Å². The molecule has 0 spiro atoms. The topological polar surface area (TPSA) is 87.0 Å². The Labute approximate surface area is 106 Å². The summed E-state index contributed by atoms with van der Waals surface area (Å²) in [6.07, 6.45) is 4.06. The van der Waals surface area contributed by atoms with Gasteiger partial charge in [-0.05, 0) is 18.6 Å². The molecule has 100 valence electrons. The average molecular weight is 254 g/mol. The molecule has 0 unspecified atom stereocenters. The van der Waals surface area contributed by atoms with Crippen LogP contribution in [0.4, 0.5) is 0 Å². The highest BCUT2D eigenvalue weighted by Crippen LogP contribution is 2.35. The van der Waals surface area contributed by atoms with Crippen molar-refractivity contribution in [2.24, 2.45) is 0 Å². The lowest BCUT2D eigenvalue weighted by Crippen LogP contribution is -2.05. The summed E-state index contributed by atoms with van der Waals surface area (Å²) in [7, 11) is 0. The van der Waals surface area contributed by atoms with Crippen molar-refractivity contribution in [3.63, 3.8) is 0 Å². The molecule has 1 rings (SSSR count). The van der Waals surface area contributed by atoms with Gasteiger partial charge in [0.25, 0.3) is 0 Å². The Balaban J connectivity index is 2.70. The van der Waals surface area contributed by atoms with Gasteiger partial charge in [-0.15, -0.1) is 0 Å². The highest BCUT2D eigenvalue weighted by atomic mass is 16.5. The molecule has 1 aromatic carbocycles. The Morgan fingerprint density at radius 1 is 1.22 bits per heavy atom. The smallest absolute Gasteiger partial charge is 0.343 e. The third kappa shape index (κ3) is 3.55. The number of carboxylic acids is 1. The maximum Gasteiger partial charge on any atom is 0.343 e. The van der Waals surface area contributed by atoms with Gasteiger partial charge in [-0.2, -0.15) is 0 Å². The summed E-state index contributed by atoms with van der Waals surface area (Å²) in [5, 5.41) is 27.7. The van der Waals surface area contributed by atoms with Crippen LogP contribution in [0, 0.1) is 0 Å². The highest BCUT2D eigenvalue weighted by molar-refractivity contribution is 5.95.